The first-order valence-corrected chi connectivity index (χ1v) is 6.04. The van der Waals surface area contributed by atoms with Crippen molar-refractivity contribution >= 4 is 23.5 Å². The Balaban J connectivity index is 2.37. The van der Waals surface area contributed by atoms with Crippen LogP contribution < -0.4 is 11.1 Å². The summed E-state index contributed by atoms with van der Waals surface area (Å²) >= 11 is 0. The van der Waals surface area contributed by atoms with Crippen LogP contribution in [-0.2, 0) is 16.1 Å². The van der Waals surface area contributed by atoms with Crippen LogP contribution in [0.4, 0.5) is 5.69 Å². The number of fused-ring (bicyclic) bond motifs is 1. The van der Waals surface area contributed by atoms with E-state index in [-0.39, 0.29) is 12.3 Å². The second-order valence-electron chi connectivity index (χ2n) is 4.73. The highest BCUT2D eigenvalue weighted by Gasteiger charge is 2.29. The van der Waals surface area contributed by atoms with E-state index in [9.17, 15) is 14.4 Å². The molecule has 2 rings (SSSR count). The number of likely N-dealkylation sites (N-methyl/N-ethyl adjacent to an activating group) is 1. The van der Waals surface area contributed by atoms with Gasteiger partial charge < -0.3 is 21.1 Å². The summed E-state index contributed by atoms with van der Waals surface area (Å²) in [5.41, 5.74) is 6.94. The molecular formula is C13H15N3O4. The number of nitrogens with one attached hydrogen (secondary N) is 1. The van der Waals surface area contributed by atoms with E-state index >= 15 is 0 Å². The molecule has 7 heteroatoms. The van der Waals surface area contributed by atoms with Crippen LogP contribution in [-0.4, -0.2) is 40.9 Å². The number of amides is 2. The smallest absolute Gasteiger partial charge is 0.305 e. The molecule has 1 heterocycles. The van der Waals surface area contributed by atoms with Crippen LogP contribution in [0.3, 0.4) is 0 Å². The largest absolute Gasteiger partial charge is 0.481 e. The predicted molar refractivity (Wildman–Crippen MR) is 71.1 cm³/mol. The third-order valence-corrected chi connectivity index (χ3v) is 3.18. The Morgan fingerprint density at radius 1 is 1.50 bits per heavy atom. The average molecular weight is 277 g/mol. The van der Waals surface area contributed by atoms with Crippen molar-refractivity contribution in [2.24, 2.45) is 5.73 Å². The minimum Gasteiger partial charge on any atom is -0.481 e. The van der Waals surface area contributed by atoms with Gasteiger partial charge in [0.1, 0.15) is 6.04 Å². The molecule has 0 aromatic heterocycles. The Kier molecular flexibility index (Phi) is 3.60. The van der Waals surface area contributed by atoms with Crippen molar-refractivity contribution in [3.63, 3.8) is 0 Å². The molecule has 1 aliphatic heterocycles. The Bertz CT molecular complexity index is 585. The van der Waals surface area contributed by atoms with Crippen molar-refractivity contribution in [2.45, 2.75) is 19.0 Å². The molecule has 1 unspecified atom stereocenters. The second kappa shape index (κ2) is 5.20. The summed E-state index contributed by atoms with van der Waals surface area (Å²) in [7, 11) is 1.59. The highest BCUT2D eigenvalue weighted by atomic mass is 16.4. The van der Waals surface area contributed by atoms with E-state index in [1.807, 2.05) is 0 Å². The Hall–Kier alpha value is -2.57. The number of carbonyl (C=O) groups excluding carboxylic acids is 2. The lowest BCUT2D eigenvalue weighted by atomic mass is 10.1. The summed E-state index contributed by atoms with van der Waals surface area (Å²) in [4.78, 5) is 35.5. The highest BCUT2D eigenvalue weighted by molar-refractivity contribution is 5.94. The molecule has 0 aliphatic carbocycles. The number of primary amides is 1. The van der Waals surface area contributed by atoms with Crippen molar-refractivity contribution in [2.75, 3.05) is 12.4 Å². The van der Waals surface area contributed by atoms with Crippen LogP contribution in [0.2, 0.25) is 0 Å². The first-order chi connectivity index (χ1) is 9.38. The number of anilines is 1. The number of carboxylic acid groups (broad SMARTS) is 1. The number of carbonyl (C=O) groups is 3. The van der Waals surface area contributed by atoms with Crippen molar-refractivity contribution < 1.29 is 19.5 Å². The summed E-state index contributed by atoms with van der Waals surface area (Å²) in [6.07, 6.45) is -0.305. The van der Waals surface area contributed by atoms with Crippen LogP contribution in [0.15, 0.2) is 18.2 Å². The van der Waals surface area contributed by atoms with Crippen LogP contribution in [0.1, 0.15) is 22.3 Å². The van der Waals surface area contributed by atoms with Gasteiger partial charge in [0.15, 0.2) is 0 Å². The number of hydrogen-bond acceptors (Lipinski definition) is 4. The fraction of sp³-hybridized carbons (Fsp3) is 0.308. The minimum atomic E-state index is -1.05. The number of aliphatic carboxylic acids is 1. The molecule has 1 aromatic rings. The molecular weight excluding hydrogens is 262 g/mol. The topological polar surface area (TPSA) is 113 Å². The molecule has 7 nitrogen and oxygen atoms in total. The molecule has 0 fully saturated rings. The highest BCUT2D eigenvalue weighted by Crippen LogP contribution is 2.24. The molecule has 0 saturated carbocycles. The molecule has 20 heavy (non-hydrogen) atoms. The van der Waals surface area contributed by atoms with E-state index in [4.69, 9.17) is 10.8 Å². The lowest BCUT2D eigenvalue weighted by molar-refractivity contribution is -0.141. The van der Waals surface area contributed by atoms with E-state index in [1.54, 1.807) is 25.2 Å². The molecule has 0 spiro atoms. The monoisotopic (exact) mass is 277 g/mol. The van der Waals surface area contributed by atoms with E-state index in [0.29, 0.717) is 17.8 Å². The maximum absolute atomic E-state index is 12.1. The maximum atomic E-state index is 12.1. The molecule has 0 saturated heterocycles. The van der Waals surface area contributed by atoms with Gasteiger partial charge in [-0.05, 0) is 23.8 Å². The van der Waals surface area contributed by atoms with Gasteiger partial charge in [0, 0.05) is 24.8 Å². The first kappa shape index (κ1) is 13.9. The molecule has 106 valence electrons. The quantitative estimate of drug-likeness (QED) is 0.720. The van der Waals surface area contributed by atoms with Crippen LogP contribution in [0, 0.1) is 0 Å². The van der Waals surface area contributed by atoms with Gasteiger partial charge in [0.25, 0.3) is 0 Å². The Morgan fingerprint density at radius 2 is 2.20 bits per heavy atom. The molecule has 1 atom stereocenters. The zero-order valence-corrected chi connectivity index (χ0v) is 10.9. The van der Waals surface area contributed by atoms with Crippen LogP contribution >= 0.6 is 0 Å². The lowest BCUT2D eigenvalue weighted by Gasteiger charge is -2.19. The van der Waals surface area contributed by atoms with Crippen molar-refractivity contribution in [3.05, 3.63) is 29.3 Å². The standard InChI is InChI=1S/C13H15N3O4/c1-16-6-8-4-7(12(14)19)2-3-9(8)15-10(13(16)20)5-11(17)18/h2-4,10,15H,5-6H2,1H3,(H2,14,19)(H,17,18). The first-order valence-electron chi connectivity index (χ1n) is 6.04. The number of benzene rings is 1. The SMILES string of the molecule is CN1Cc2cc(C(N)=O)ccc2NC(CC(=O)O)C1=O. The van der Waals surface area contributed by atoms with E-state index in [1.165, 1.54) is 4.90 Å². The van der Waals surface area contributed by atoms with Crippen molar-refractivity contribution in [1.29, 1.82) is 0 Å². The fourth-order valence-corrected chi connectivity index (χ4v) is 2.18. The van der Waals surface area contributed by atoms with Gasteiger partial charge in [-0.15, -0.1) is 0 Å². The number of hydrogen-bond donors (Lipinski definition) is 3. The molecule has 4 N–H and O–H groups in total. The summed E-state index contributed by atoms with van der Waals surface area (Å²) in [6.45, 7) is 0.290. The zero-order chi connectivity index (χ0) is 14.9. The summed E-state index contributed by atoms with van der Waals surface area (Å²) in [5, 5.41) is 11.8. The third kappa shape index (κ3) is 2.71. The van der Waals surface area contributed by atoms with Gasteiger partial charge in [-0.25, -0.2) is 0 Å². The van der Waals surface area contributed by atoms with Crippen LogP contribution in [0.25, 0.3) is 0 Å². The van der Waals surface area contributed by atoms with Gasteiger partial charge in [0.05, 0.1) is 6.42 Å². The zero-order valence-electron chi connectivity index (χ0n) is 10.9. The number of nitrogens with zero attached hydrogens (tertiary/aromatic N) is 1. The van der Waals surface area contributed by atoms with Gasteiger partial charge in [0.2, 0.25) is 11.8 Å². The Morgan fingerprint density at radius 3 is 2.80 bits per heavy atom. The fourth-order valence-electron chi connectivity index (χ4n) is 2.18. The summed E-state index contributed by atoms with van der Waals surface area (Å²) in [6, 6.07) is 3.97. The van der Waals surface area contributed by atoms with Gasteiger partial charge in [-0.3, -0.25) is 14.4 Å². The normalized spacial score (nSPS) is 17.9. The average Bonchev–Trinajstić information content (AvgIpc) is 2.47. The maximum Gasteiger partial charge on any atom is 0.305 e. The van der Waals surface area contributed by atoms with E-state index in [0.717, 1.165) is 5.56 Å². The molecule has 2 amide bonds. The van der Waals surface area contributed by atoms with Gasteiger partial charge >= 0.3 is 5.97 Å². The van der Waals surface area contributed by atoms with Crippen molar-refractivity contribution in [1.82, 2.24) is 4.90 Å². The predicted octanol–water partition coefficient (Wildman–Crippen LogP) is 0.0127. The van der Waals surface area contributed by atoms with Crippen molar-refractivity contribution in [3.8, 4) is 0 Å². The Labute approximate surface area is 115 Å². The minimum absolute atomic E-state index is 0.290. The summed E-state index contributed by atoms with van der Waals surface area (Å²) in [5.74, 6) is -1.90. The lowest BCUT2D eigenvalue weighted by Crippen LogP contribution is -2.39. The number of carboxylic acids is 1. The molecule has 1 aliphatic rings. The van der Waals surface area contributed by atoms with Gasteiger partial charge in [-0.1, -0.05) is 0 Å². The molecule has 0 radical (unpaired) electrons. The number of nitrogens with two attached hydrogens (primary N) is 1. The molecule has 0 bridgehead atoms. The van der Waals surface area contributed by atoms with E-state index < -0.39 is 17.9 Å². The number of rotatable bonds is 3. The second-order valence-corrected chi connectivity index (χ2v) is 4.73. The third-order valence-electron chi connectivity index (χ3n) is 3.18. The van der Waals surface area contributed by atoms with E-state index in [2.05, 4.69) is 5.32 Å². The summed E-state index contributed by atoms with van der Waals surface area (Å²) < 4.78 is 0. The van der Waals surface area contributed by atoms with Crippen LogP contribution in [0.5, 0.6) is 0 Å². The molecule has 1 aromatic carbocycles. The van der Waals surface area contributed by atoms with Gasteiger partial charge in [-0.2, -0.15) is 0 Å².